The van der Waals surface area contributed by atoms with Gasteiger partial charge in [0.15, 0.2) is 0 Å². The molecule has 166 valence electrons. The van der Waals surface area contributed by atoms with Crippen molar-refractivity contribution in [3.05, 3.63) is 51.2 Å². The molecule has 11 heteroatoms. The minimum absolute atomic E-state index is 0.221. The molecule has 1 aromatic carbocycles. The molecule has 0 unspecified atom stereocenters. The lowest BCUT2D eigenvalue weighted by Crippen LogP contribution is -2.53. The Labute approximate surface area is 190 Å². The Balaban J connectivity index is 1.41. The smallest absolute Gasteiger partial charge is 0.282 e. The second kappa shape index (κ2) is 9.25. The van der Waals surface area contributed by atoms with Gasteiger partial charge in [-0.15, -0.1) is 11.3 Å². The van der Waals surface area contributed by atoms with E-state index in [4.69, 9.17) is 11.6 Å². The summed E-state index contributed by atoms with van der Waals surface area (Å²) in [7, 11) is -3.46. The van der Waals surface area contributed by atoms with Crippen molar-refractivity contribution in [2.24, 2.45) is 0 Å². The van der Waals surface area contributed by atoms with Crippen molar-refractivity contribution in [1.82, 2.24) is 13.5 Å². The number of hydrogen-bond acceptors (Lipinski definition) is 5. The maximum absolute atomic E-state index is 13.0. The van der Waals surface area contributed by atoms with Crippen LogP contribution in [0.2, 0.25) is 5.02 Å². The highest BCUT2D eigenvalue weighted by atomic mass is 35.5. The number of amides is 2. The molecule has 2 aliphatic rings. The molecular formula is C20H23ClN4O4S2. The monoisotopic (exact) mass is 482 g/mol. The summed E-state index contributed by atoms with van der Waals surface area (Å²) >= 11 is 7.52. The normalized spacial score (nSPS) is 18.3. The first-order valence-corrected chi connectivity index (χ1v) is 12.7. The molecule has 2 amide bonds. The first-order valence-electron chi connectivity index (χ1n) is 10.0. The average molecular weight is 483 g/mol. The molecule has 3 heterocycles. The van der Waals surface area contributed by atoms with Gasteiger partial charge >= 0.3 is 0 Å². The third kappa shape index (κ3) is 4.78. The summed E-state index contributed by atoms with van der Waals surface area (Å²) in [6, 6.07) is 8.23. The van der Waals surface area contributed by atoms with Gasteiger partial charge in [0.1, 0.15) is 0 Å². The number of thiophene rings is 1. The summed E-state index contributed by atoms with van der Waals surface area (Å²) in [4.78, 5) is 27.5. The minimum Gasteiger partial charge on any atom is -0.336 e. The van der Waals surface area contributed by atoms with Crippen molar-refractivity contribution in [2.45, 2.75) is 12.8 Å². The topological polar surface area (TPSA) is 90.0 Å². The molecule has 0 radical (unpaired) electrons. The molecule has 1 aromatic heterocycles. The van der Waals surface area contributed by atoms with Gasteiger partial charge < -0.3 is 10.2 Å². The Kier molecular flexibility index (Phi) is 6.63. The molecule has 2 aromatic rings. The van der Waals surface area contributed by atoms with Crippen LogP contribution in [0.4, 0.5) is 5.69 Å². The zero-order valence-corrected chi connectivity index (χ0v) is 19.2. The van der Waals surface area contributed by atoms with E-state index in [-0.39, 0.29) is 24.9 Å². The third-order valence-electron chi connectivity index (χ3n) is 5.45. The highest BCUT2D eigenvalue weighted by Crippen LogP contribution is 2.26. The zero-order valence-electron chi connectivity index (χ0n) is 16.8. The number of hydrogen-bond donors (Lipinski definition) is 1. The maximum Gasteiger partial charge on any atom is 0.282 e. The maximum atomic E-state index is 13.0. The summed E-state index contributed by atoms with van der Waals surface area (Å²) in [6.07, 6.45) is 1.78. The Morgan fingerprint density at radius 1 is 0.968 bits per heavy atom. The molecule has 2 saturated heterocycles. The first-order chi connectivity index (χ1) is 14.9. The minimum atomic E-state index is -3.46. The Bertz CT molecular complexity index is 1060. The van der Waals surface area contributed by atoms with E-state index in [0.29, 0.717) is 47.3 Å². The van der Waals surface area contributed by atoms with Crippen molar-refractivity contribution in [3.8, 4) is 0 Å². The quantitative estimate of drug-likeness (QED) is 0.709. The van der Waals surface area contributed by atoms with E-state index in [1.54, 1.807) is 40.6 Å². The number of anilines is 1. The van der Waals surface area contributed by atoms with Gasteiger partial charge in [0, 0.05) is 44.8 Å². The molecule has 0 spiro atoms. The van der Waals surface area contributed by atoms with Crippen LogP contribution in [-0.4, -0.2) is 73.0 Å². The molecule has 4 rings (SSSR count). The number of carbonyl (C=O) groups is 2. The fourth-order valence-corrected chi connectivity index (χ4v) is 6.19. The largest absolute Gasteiger partial charge is 0.336 e. The molecular weight excluding hydrogens is 460 g/mol. The zero-order chi connectivity index (χ0) is 22.0. The number of nitrogens with one attached hydrogen (secondary N) is 1. The molecule has 0 bridgehead atoms. The van der Waals surface area contributed by atoms with Gasteiger partial charge in [0.25, 0.3) is 22.0 Å². The van der Waals surface area contributed by atoms with E-state index in [9.17, 15) is 18.0 Å². The van der Waals surface area contributed by atoms with Crippen molar-refractivity contribution in [1.29, 1.82) is 0 Å². The SMILES string of the molecule is O=C(Nc1cc(C(=O)N2CCN(S(=O)(=O)N3CCCC3)CC2)ccc1Cl)c1cccs1. The van der Waals surface area contributed by atoms with Gasteiger partial charge in [-0.2, -0.15) is 17.0 Å². The van der Waals surface area contributed by atoms with E-state index in [2.05, 4.69) is 5.32 Å². The predicted molar refractivity (Wildman–Crippen MR) is 121 cm³/mol. The number of carbonyl (C=O) groups excluding carboxylic acids is 2. The van der Waals surface area contributed by atoms with Gasteiger partial charge in [-0.25, -0.2) is 0 Å². The van der Waals surface area contributed by atoms with E-state index in [1.807, 2.05) is 0 Å². The molecule has 31 heavy (non-hydrogen) atoms. The van der Waals surface area contributed by atoms with Crippen molar-refractivity contribution in [2.75, 3.05) is 44.6 Å². The van der Waals surface area contributed by atoms with Gasteiger partial charge in [0.05, 0.1) is 15.6 Å². The first kappa shape index (κ1) is 22.2. The highest BCUT2D eigenvalue weighted by molar-refractivity contribution is 7.86. The second-order valence-electron chi connectivity index (χ2n) is 7.43. The van der Waals surface area contributed by atoms with Crippen LogP contribution < -0.4 is 5.32 Å². The van der Waals surface area contributed by atoms with E-state index >= 15 is 0 Å². The third-order valence-corrected chi connectivity index (χ3v) is 8.68. The van der Waals surface area contributed by atoms with Gasteiger partial charge in [-0.1, -0.05) is 17.7 Å². The van der Waals surface area contributed by atoms with Crippen molar-refractivity contribution >= 4 is 50.6 Å². The molecule has 2 fully saturated rings. The Morgan fingerprint density at radius 3 is 2.29 bits per heavy atom. The molecule has 8 nitrogen and oxygen atoms in total. The van der Waals surface area contributed by atoms with Crippen LogP contribution in [0, 0.1) is 0 Å². The standard InChI is InChI=1S/C20H23ClN4O4S2/c21-16-6-5-15(14-17(16)22-19(26)18-4-3-13-30-18)20(27)23-9-11-25(12-10-23)31(28,29)24-7-1-2-8-24/h3-6,13-14H,1-2,7-12H2,(H,22,26). The van der Waals surface area contributed by atoms with Gasteiger partial charge in [0.2, 0.25) is 0 Å². The highest BCUT2D eigenvalue weighted by Gasteiger charge is 2.34. The molecule has 2 aliphatic heterocycles. The number of rotatable bonds is 5. The Morgan fingerprint density at radius 2 is 1.65 bits per heavy atom. The van der Waals surface area contributed by atoms with Crippen LogP contribution in [0.5, 0.6) is 0 Å². The van der Waals surface area contributed by atoms with Crippen LogP contribution >= 0.6 is 22.9 Å². The van der Waals surface area contributed by atoms with Gasteiger partial charge in [-0.3, -0.25) is 9.59 Å². The number of halogens is 1. The summed E-state index contributed by atoms with van der Waals surface area (Å²) in [5.41, 5.74) is 0.753. The average Bonchev–Trinajstić information content (AvgIpc) is 3.49. The molecule has 0 atom stereocenters. The number of benzene rings is 1. The van der Waals surface area contributed by atoms with Crippen LogP contribution in [0.3, 0.4) is 0 Å². The lowest BCUT2D eigenvalue weighted by Gasteiger charge is -2.35. The number of nitrogens with zero attached hydrogens (tertiary/aromatic N) is 3. The van der Waals surface area contributed by atoms with Crippen molar-refractivity contribution in [3.63, 3.8) is 0 Å². The summed E-state index contributed by atoms with van der Waals surface area (Å²) in [5, 5.41) is 4.89. The summed E-state index contributed by atoms with van der Waals surface area (Å²) in [6.45, 7) is 2.27. The van der Waals surface area contributed by atoms with Crippen molar-refractivity contribution < 1.29 is 18.0 Å². The fourth-order valence-electron chi connectivity index (χ4n) is 3.73. The predicted octanol–water partition coefficient (Wildman–Crippen LogP) is 2.75. The second-order valence-corrected chi connectivity index (χ2v) is 10.7. The van der Waals surface area contributed by atoms with E-state index < -0.39 is 10.2 Å². The van der Waals surface area contributed by atoms with Crippen LogP contribution in [0.1, 0.15) is 32.9 Å². The van der Waals surface area contributed by atoms with Gasteiger partial charge in [-0.05, 0) is 42.5 Å². The lowest BCUT2D eigenvalue weighted by molar-refractivity contribution is 0.0694. The fraction of sp³-hybridized carbons (Fsp3) is 0.400. The van der Waals surface area contributed by atoms with E-state index in [0.717, 1.165) is 12.8 Å². The lowest BCUT2D eigenvalue weighted by atomic mass is 10.1. The number of piperazine rings is 1. The van der Waals surface area contributed by atoms with Crippen LogP contribution in [-0.2, 0) is 10.2 Å². The summed E-state index contributed by atoms with van der Waals surface area (Å²) in [5.74, 6) is -0.510. The molecule has 0 saturated carbocycles. The van der Waals surface area contributed by atoms with Crippen LogP contribution in [0.25, 0.3) is 0 Å². The summed E-state index contributed by atoms with van der Waals surface area (Å²) < 4.78 is 28.4. The molecule has 0 aliphatic carbocycles. The molecule has 1 N–H and O–H groups in total. The van der Waals surface area contributed by atoms with Crippen LogP contribution in [0.15, 0.2) is 35.7 Å². The Hall–Kier alpha value is -1.98. The van der Waals surface area contributed by atoms with E-state index in [1.165, 1.54) is 19.9 Å².